The monoisotopic (exact) mass is 299 g/mol. The maximum Gasteiger partial charge on any atom is 0.118 e. The van der Waals surface area contributed by atoms with Crippen LogP contribution in [0.3, 0.4) is 0 Å². The zero-order valence-corrected chi connectivity index (χ0v) is 13.5. The fraction of sp³-hybridized carbons (Fsp3) is 0.500. The van der Waals surface area contributed by atoms with E-state index in [4.69, 9.17) is 4.74 Å². The summed E-state index contributed by atoms with van der Waals surface area (Å²) in [6.45, 7) is 5.75. The molecule has 2 aromatic rings. The van der Waals surface area contributed by atoms with Gasteiger partial charge in [-0.05, 0) is 42.5 Å². The van der Waals surface area contributed by atoms with Gasteiger partial charge in [-0.15, -0.1) is 0 Å². The lowest BCUT2D eigenvalue weighted by atomic mass is 9.98. The van der Waals surface area contributed by atoms with E-state index in [0.29, 0.717) is 12.0 Å². The van der Waals surface area contributed by atoms with Gasteiger partial charge in [-0.3, -0.25) is 4.68 Å². The SMILES string of the molecule is COc1ccc([C@H](C)CN2CCC(n3cccn3)CC2)cc1. The molecule has 0 saturated carbocycles. The van der Waals surface area contributed by atoms with Crippen LogP contribution < -0.4 is 4.74 Å². The second-order valence-corrected chi connectivity index (χ2v) is 6.19. The van der Waals surface area contributed by atoms with E-state index in [1.807, 2.05) is 12.3 Å². The molecule has 3 rings (SSSR count). The van der Waals surface area contributed by atoms with Crippen molar-refractivity contribution in [2.24, 2.45) is 0 Å². The van der Waals surface area contributed by atoms with Crippen molar-refractivity contribution in [2.75, 3.05) is 26.7 Å². The number of hydrogen-bond acceptors (Lipinski definition) is 3. The van der Waals surface area contributed by atoms with Gasteiger partial charge in [0.2, 0.25) is 0 Å². The molecule has 4 nitrogen and oxygen atoms in total. The second-order valence-electron chi connectivity index (χ2n) is 6.19. The Balaban J connectivity index is 1.51. The van der Waals surface area contributed by atoms with Crippen LogP contribution in [0.4, 0.5) is 0 Å². The fourth-order valence-electron chi connectivity index (χ4n) is 3.29. The Kier molecular flexibility index (Phi) is 4.78. The Morgan fingerprint density at radius 3 is 2.55 bits per heavy atom. The van der Waals surface area contributed by atoms with E-state index in [-0.39, 0.29) is 0 Å². The van der Waals surface area contributed by atoms with Gasteiger partial charge in [-0.1, -0.05) is 19.1 Å². The van der Waals surface area contributed by atoms with Crippen LogP contribution in [0.5, 0.6) is 5.75 Å². The van der Waals surface area contributed by atoms with Gasteiger partial charge in [0.05, 0.1) is 13.2 Å². The fourth-order valence-corrected chi connectivity index (χ4v) is 3.29. The third-order valence-corrected chi connectivity index (χ3v) is 4.67. The molecule has 0 unspecified atom stereocenters. The maximum absolute atomic E-state index is 5.23. The molecule has 1 aromatic heterocycles. The van der Waals surface area contributed by atoms with Gasteiger partial charge in [0.15, 0.2) is 0 Å². The second kappa shape index (κ2) is 6.97. The quantitative estimate of drug-likeness (QED) is 0.848. The number of likely N-dealkylation sites (tertiary alicyclic amines) is 1. The molecule has 0 bridgehead atoms. The van der Waals surface area contributed by atoms with E-state index in [1.54, 1.807) is 7.11 Å². The number of nitrogens with zero attached hydrogens (tertiary/aromatic N) is 3. The largest absolute Gasteiger partial charge is 0.497 e. The summed E-state index contributed by atoms with van der Waals surface area (Å²) in [5, 5.41) is 4.38. The van der Waals surface area contributed by atoms with Crippen molar-refractivity contribution in [2.45, 2.75) is 31.7 Å². The van der Waals surface area contributed by atoms with Gasteiger partial charge in [-0.25, -0.2) is 0 Å². The summed E-state index contributed by atoms with van der Waals surface area (Å²) in [6.07, 6.45) is 6.34. The minimum Gasteiger partial charge on any atom is -0.497 e. The van der Waals surface area contributed by atoms with Crippen molar-refractivity contribution < 1.29 is 4.74 Å². The Labute approximate surface area is 132 Å². The highest BCUT2D eigenvalue weighted by Gasteiger charge is 2.22. The summed E-state index contributed by atoms with van der Waals surface area (Å²) in [5.41, 5.74) is 1.38. The highest BCUT2D eigenvalue weighted by Crippen LogP contribution is 2.25. The molecule has 1 fully saturated rings. The van der Waals surface area contributed by atoms with Gasteiger partial charge in [0.25, 0.3) is 0 Å². The number of piperidine rings is 1. The van der Waals surface area contributed by atoms with Gasteiger partial charge in [-0.2, -0.15) is 5.10 Å². The molecule has 0 N–H and O–H groups in total. The molecule has 1 saturated heterocycles. The van der Waals surface area contributed by atoms with Crippen molar-refractivity contribution in [3.05, 3.63) is 48.3 Å². The van der Waals surface area contributed by atoms with E-state index >= 15 is 0 Å². The van der Waals surface area contributed by atoms with Crippen molar-refractivity contribution >= 4 is 0 Å². The molecule has 22 heavy (non-hydrogen) atoms. The Bertz CT molecular complexity index is 557. The molecule has 0 spiro atoms. The molecule has 118 valence electrons. The molecular formula is C18H25N3O. The summed E-state index contributed by atoms with van der Waals surface area (Å²) < 4.78 is 7.34. The normalized spacial score (nSPS) is 18.3. The summed E-state index contributed by atoms with van der Waals surface area (Å²) >= 11 is 0. The number of rotatable bonds is 5. The zero-order valence-electron chi connectivity index (χ0n) is 13.5. The molecule has 1 aromatic carbocycles. The van der Waals surface area contributed by atoms with E-state index in [9.17, 15) is 0 Å². The minimum atomic E-state index is 0.548. The summed E-state index contributed by atoms with van der Waals surface area (Å²) in [5.74, 6) is 1.48. The molecular weight excluding hydrogens is 274 g/mol. The molecule has 0 aliphatic carbocycles. The first kappa shape index (κ1) is 15.1. The number of benzene rings is 1. The van der Waals surface area contributed by atoms with Gasteiger partial charge >= 0.3 is 0 Å². The van der Waals surface area contributed by atoms with Gasteiger partial charge in [0, 0.05) is 32.0 Å². The van der Waals surface area contributed by atoms with Crippen LogP contribution in [0.1, 0.15) is 37.3 Å². The lowest BCUT2D eigenvalue weighted by molar-refractivity contribution is 0.173. The lowest BCUT2D eigenvalue weighted by Gasteiger charge is -2.33. The molecule has 1 aliphatic heterocycles. The van der Waals surface area contributed by atoms with Gasteiger partial charge in [0.1, 0.15) is 5.75 Å². The Morgan fingerprint density at radius 2 is 1.95 bits per heavy atom. The molecule has 4 heteroatoms. The molecule has 1 atom stereocenters. The third-order valence-electron chi connectivity index (χ3n) is 4.67. The Morgan fingerprint density at radius 1 is 1.23 bits per heavy atom. The molecule has 0 radical (unpaired) electrons. The van der Waals surface area contributed by atoms with E-state index in [2.05, 4.69) is 52.1 Å². The minimum absolute atomic E-state index is 0.548. The molecule has 2 heterocycles. The van der Waals surface area contributed by atoms with E-state index < -0.39 is 0 Å². The first-order chi connectivity index (χ1) is 10.8. The van der Waals surface area contributed by atoms with Crippen LogP contribution in [0.2, 0.25) is 0 Å². The molecule has 1 aliphatic rings. The van der Waals surface area contributed by atoms with Crippen LogP contribution in [-0.4, -0.2) is 41.4 Å². The van der Waals surface area contributed by atoms with Crippen LogP contribution in [0, 0.1) is 0 Å². The average molecular weight is 299 g/mol. The maximum atomic E-state index is 5.23. The van der Waals surface area contributed by atoms with Crippen molar-refractivity contribution in [1.29, 1.82) is 0 Å². The van der Waals surface area contributed by atoms with Crippen molar-refractivity contribution in [1.82, 2.24) is 14.7 Å². The van der Waals surface area contributed by atoms with Gasteiger partial charge < -0.3 is 9.64 Å². The summed E-state index contributed by atoms with van der Waals surface area (Å²) in [4.78, 5) is 2.58. The summed E-state index contributed by atoms with van der Waals surface area (Å²) in [7, 11) is 1.71. The number of methoxy groups -OCH3 is 1. The topological polar surface area (TPSA) is 30.3 Å². The van der Waals surface area contributed by atoms with Crippen molar-refractivity contribution in [3.8, 4) is 5.75 Å². The smallest absolute Gasteiger partial charge is 0.118 e. The lowest BCUT2D eigenvalue weighted by Crippen LogP contribution is -2.37. The average Bonchev–Trinajstić information content (AvgIpc) is 3.10. The first-order valence-corrected chi connectivity index (χ1v) is 8.11. The van der Waals surface area contributed by atoms with Crippen LogP contribution in [-0.2, 0) is 0 Å². The zero-order chi connectivity index (χ0) is 15.4. The predicted octanol–water partition coefficient (Wildman–Crippen LogP) is 3.33. The van der Waals surface area contributed by atoms with E-state index in [1.165, 1.54) is 18.4 Å². The third kappa shape index (κ3) is 3.50. The van der Waals surface area contributed by atoms with Crippen LogP contribution in [0.15, 0.2) is 42.7 Å². The predicted molar refractivity (Wildman–Crippen MR) is 88.3 cm³/mol. The number of aromatic nitrogens is 2. The summed E-state index contributed by atoms with van der Waals surface area (Å²) in [6, 6.07) is 11.0. The number of ether oxygens (including phenoxy) is 1. The standard InChI is InChI=1S/C18H25N3O/c1-15(16-4-6-18(22-2)7-5-16)14-20-12-8-17(9-13-20)21-11-3-10-19-21/h3-7,10-11,15,17H,8-9,12-14H2,1-2H3/t15-/m1/s1. The van der Waals surface area contributed by atoms with Crippen molar-refractivity contribution in [3.63, 3.8) is 0 Å². The van der Waals surface area contributed by atoms with Crippen LogP contribution in [0.25, 0.3) is 0 Å². The highest BCUT2D eigenvalue weighted by atomic mass is 16.5. The first-order valence-electron chi connectivity index (χ1n) is 8.11. The Hall–Kier alpha value is -1.81. The number of hydrogen-bond donors (Lipinski definition) is 0. The van der Waals surface area contributed by atoms with E-state index in [0.717, 1.165) is 25.4 Å². The highest BCUT2D eigenvalue weighted by molar-refractivity contribution is 5.29. The molecule has 0 amide bonds. The van der Waals surface area contributed by atoms with Crippen LogP contribution >= 0.6 is 0 Å².